The van der Waals surface area contributed by atoms with Gasteiger partial charge in [0.1, 0.15) is 6.33 Å². The molecule has 14 heavy (non-hydrogen) atoms. The summed E-state index contributed by atoms with van der Waals surface area (Å²) in [7, 11) is 1.71. The molecule has 6 nitrogen and oxygen atoms in total. The molecule has 1 heterocycles. The Morgan fingerprint density at radius 2 is 2.57 bits per heavy atom. The lowest BCUT2D eigenvalue weighted by Crippen LogP contribution is -2.29. The lowest BCUT2D eigenvalue weighted by molar-refractivity contribution is -0.115. The second-order valence-electron chi connectivity index (χ2n) is 2.68. The van der Waals surface area contributed by atoms with Crippen molar-refractivity contribution in [2.24, 2.45) is 7.05 Å². The van der Waals surface area contributed by atoms with Crippen LogP contribution in [0.25, 0.3) is 0 Å². The van der Waals surface area contributed by atoms with Crippen LogP contribution in [0.1, 0.15) is 0 Å². The molecule has 0 saturated heterocycles. The van der Waals surface area contributed by atoms with Crippen molar-refractivity contribution in [1.29, 1.82) is 0 Å². The number of carbonyl (C=O) groups excluding carboxylic acids is 1. The van der Waals surface area contributed by atoms with Gasteiger partial charge in [-0.3, -0.25) is 10.1 Å². The van der Waals surface area contributed by atoms with E-state index in [-0.39, 0.29) is 12.5 Å². The summed E-state index contributed by atoms with van der Waals surface area (Å²) in [6.45, 7) is 4.37. The second-order valence-corrected chi connectivity index (χ2v) is 2.68. The average Bonchev–Trinajstić information content (AvgIpc) is 2.52. The first-order valence-corrected chi connectivity index (χ1v) is 4.19. The topological polar surface area (TPSA) is 71.8 Å². The van der Waals surface area contributed by atoms with E-state index >= 15 is 0 Å². The molecule has 6 heteroatoms. The van der Waals surface area contributed by atoms with E-state index in [2.05, 4.69) is 27.3 Å². The molecule has 0 bridgehead atoms. The van der Waals surface area contributed by atoms with Crippen LogP contribution in [0.2, 0.25) is 0 Å². The van der Waals surface area contributed by atoms with E-state index in [4.69, 9.17) is 0 Å². The molecular formula is C8H13N5O. The second kappa shape index (κ2) is 5.13. The van der Waals surface area contributed by atoms with E-state index in [0.29, 0.717) is 12.5 Å². The van der Waals surface area contributed by atoms with Crippen molar-refractivity contribution < 1.29 is 4.79 Å². The van der Waals surface area contributed by atoms with E-state index in [9.17, 15) is 4.79 Å². The highest BCUT2D eigenvalue weighted by molar-refractivity contribution is 5.90. The molecule has 0 unspecified atom stereocenters. The first-order valence-electron chi connectivity index (χ1n) is 4.19. The molecule has 0 saturated carbocycles. The maximum atomic E-state index is 11.2. The molecule has 0 aromatic carbocycles. The summed E-state index contributed by atoms with van der Waals surface area (Å²) in [5, 5.41) is 9.30. The Morgan fingerprint density at radius 1 is 1.79 bits per heavy atom. The van der Waals surface area contributed by atoms with Gasteiger partial charge in [-0.2, -0.15) is 10.1 Å². The number of amides is 1. The Kier molecular flexibility index (Phi) is 3.81. The van der Waals surface area contributed by atoms with Crippen molar-refractivity contribution in [2.45, 2.75) is 0 Å². The van der Waals surface area contributed by atoms with Crippen LogP contribution in [0.4, 0.5) is 5.95 Å². The molecule has 1 aromatic heterocycles. The highest BCUT2D eigenvalue weighted by Crippen LogP contribution is 1.96. The molecule has 0 spiro atoms. The zero-order valence-electron chi connectivity index (χ0n) is 8.03. The number of hydrogen-bond donors (Lipinski definition) is 2. The smallest absolute Gasteiger partial charge is 0.240 e. The predicted octanol–water partition coefficient (Wildman–Crippen LogP) is -0.471. The standard InChI is InChI=1S/C8H13N5O/c1-3-4-9-5-7(14)12-8-10-6-11-13(8)2/h3,6,9H,1,4-5H2,2H3,(H,10,11,12,14). The minimum absolute atomic E-state index is 0.150. The molecule has 2 N–H and O–H groups in total. The van der Waals surface area contributed by atoms with Crippen molar-refractivity contribution in [1.82, 2.24) is 20.1 Å². The summed E-state index contributed by atoms with van der Waals surface area (Å²) in [6, 6.07) is 0. The first kappa shape index (κ1) is 10.4. The van der Waals surface area contributed by atoms with Crippen LogP contribution in [0.5, 0.6) is 0 Å². The van der Waals surface area contributed by atoms with Crippen LogP contribution in [0.3, 0.4) is 0 Å². The van der Waals surface area contributed by atoms with E-state index in [0.717, 1.165) is 0 Å². The van der Waals surface area contributed by atoms with Crippen molar-refractivity contribution in [3.63, 3.8) is 0 Å². The quantitative estimate of drug-likeness (QED) is 0.492. The number of rotatable bonds is 5. The summed E-state index contributed by atoms with van der Waals surface area (Å²) < 4.78 is 1.49. The molecule has 0 aliphatic heterocycles. The van der Waals surface area contributed by atoms with Gasteiger partial charge in [-0.05, 0) is 0 Å². The molecule has 76 valence electrons. The van der Waals surface area contributed by atoms with Gasteiger partial charge in [0.25, 0.3) is 0 Å². The number of nitrogens with one attached hydrogen (secondary N) is 2. The third-order valence-corrected chi connectivity index (χ3v) is 1.54. The van der Waals surface area contributed by atoms with Gasteiger partial charge in [-0.1, -0.05) is 6.08 Å². The van der Waals surface area contributed by atoms with E-state index in [1.807, 2.05) is 0 Å². The molecule has 1 rings (SSSR count). The zero-order chi connectivity index (χ0) is 10.4. The lowest BCUT2D eigenvalue weighted by atomic mass is 10.5. The lowest BCUT2D eigenvalue weighted by Gasteiger charge is -2.03. The van der Waals surface area contributed by atoms with E-state index in [1.165, 1.54) is 11.0 Å². The number of aryl methyl sites for hydroxylation is 1. The minimum Gasteiger partial charge on any atom is -0.305 e. The summed E-state index contributed by atoms with van der Waals surface area (Å²) in [5.74, 6) is 0.290. The van der Waals surface area contributed by atoms with Gasteiger partial charge in [0.2, 0.25) is 11.9 Å². The number of hydrogen-bond acceptors (Lipinski definition) is 4. The third kappa shape index (κ3) is 2.98. The van der Waals surface area contributed by atoms with Gasteiger partial charge in [0, 0.05) is 13.6 Å². The number of carbonyl (C=O) groups is 1. The Morgan fingerprint density at radius 3 is 3.14 bits per heavy atom. The van der Waals surface area contributed by atoms with Crippen LogP contribution in [0, 0.1) is 0 Å². The summed E-state index contributed by atoms with van der Waals surface area (Å²) >= 11 is 0. The normalized spacial score (nSPS) is 9.79. The number of anilines is 1. The van der Waals surface area contributed by atoms with E-state index < -0.39 is 0 Å². The fourth-order valence-electron chi connectivity index (χ4n) is 0.866. The largest absolute Gasteiger partial charge is 0.305 e. The molecule has 0 atom stereocenters. The van der Waals surface area contributed by atoms with E-state index in [1.54, 1.807) is 13.1 Å². The monoisotopic (exact) mass is 195 g/mol. The van der Waals surface area contributed by atoms with Gasteiger partial charge in [-0.25, -0.2) is 4.68 Å². The molecule has 1 amide bonds. The van der Waals surface area contributed by atoms with Crippen molar-refractivity contribution in [3.05, 3.63) is 19.0 Å². The Balaban J connectivity index is 2.34. The van der Waals surface area contributed by atoms with Gasteiger partial charge in [0.05, 0.1) is 6.54 Å². The summed E-state index contributed by atoms with van der Waals surface area (Å²) in [6.07, 6.45) is 3.07. The van der Waals surface area contributed by atoms with Crippen LogP contribution >= 0.6 is 0 Å². The number of aromatic nitrogens is 3. The first-order chi connectivity index (χ1) is 6.74. The molecular weight excluding hydrogens is 182 g/mol. The maximum Gasteiger partial charge on any atom is 0.240 e. The Bertz CT molecular complexity index is 319. The predicted molar refractivity (Wildman–Crippen MR) is 52.7 cm³/mol. The molecule has 0 radical (unpaired) electrons. The Labute approximate surface area is 82.0 Å². The van der Waals surface area contributed by atoms with Crippen LogP contribution in [-0.4, -0.2) is 33.8 Å². The molecule has 0 fully saturated rings. The van der Waals surface area contributed by atoms with Crippen molar-refractivity contribution in [2.75, 3.05) is 18.4 Å². The average molecular weight is 195 g/mol. The number of nitrogens with zero attached hydrogens (tertiary/aromatic N) is 3. The van der Waals surface area contributed by atoms with Crippen LogP contribution in [0.15, 0.2) is 19.0 Å². The Hall–Kier alpha value is -1.69. The molecule has 1 aromatic rings. The fourth-order valence-corrected chi connectivity index (χ4v) is 0.866. The van der Waals surface area contributed by atoms with Crippen LogP contribution in [-0.2, 0) is 11.8 Å². The van der Waals surface area contributed by atoms with Crippen molar-refractivity contribution in [3.8, 4) is 0 Å². The molecule has 0 aliphatic rings. The van der Waals surface area contributed by atoms with Crippen molar-refractivity contribution >= 4 is 11.9 Å². The highest BCUT2D eigenvalue weighted by Gasteiger charge is 2.04. The van der Waals surface area contributed by atoms with Gasteiger partial charge in [0.15, 0.2) is 0 Å². The summed E-state index contributed by atoms with van der Waals surface area (Å²) in [4.78, 5) is 15.1. The fraction of sp³-hybridized carbons (Fsp3) is 0.375. The molecule has 0 aliphatic carbocycles. The zero-order valence-corrected chi connectivity index (χ0v) is 8.03. The van der Waals surface area contributed by atoms with Gasteiger partial charge >= 0.3 is 0 Å². The van der Waals surface area contributed by atoms with Gasteiger partial charge < -0.3 is 5.32 Å². The summed E-state index contributed by atoms with van der Waals surface area (Å²) in [5.41, 5.74) is 0. The van der Waals surface area contributed by atoms with Gasteiger partial charge in [-0.15, -0.1) is 6.58 Å². The van der Waals surface area contributed by atoms with Crippen LogP contribution < -0.4 is 10.6 Å². The highest BCUT2D eigenvalue weighted by atomic mass is 16.2. The maximum absolute atomic E-state index is 11.2. The SMILES string of the molecule is C=CCNCC(=O)Nc1ncnn1C. The third-order valence-electron chi connectivity index (χ3n) is 1.54. The minimum atomic E-state index is -0.150.